The van der Waals surface area contributed by atoms with Crippen LogP contribution in [0.2, 0.25) is 0 Å². The van der Waals surface area contributed by atoms with E-state index < -0.39 is 12.1 Å². The minimum Gasteiger partial charge on any atom is -0.389 e. The van der Waals surface area contributed by atoms with Crippen LogP contribution in [-0.4, -0.2) is 39.9 Å². The maximum atomic E-state index is 12.2. The summed E-state index contributed by atoms with van der Waals surface area (Å²) in [5.41, 5.74) is 2.11. The second-order valence-corrected chi connectivity index (χ2v) is 7.11. The Morgan fingerprint density at radius 2 is 1.97 bits per heavy atom. The molecule has 3 N–H and O–H groups in total. The van der Waals surface area contributed by atoms with Gasteiger partial charge in [-0.05, 0) is 36.2 Å². The number of carbonyl (C=O) groups excluding carboxylic acids is 1. The van der Waals surface area contributed by atoms with Gasteiger partial charge in [-0.2, -0.15) is 0 Å². The van der Waals surface area contributed by atoms with Gasteiger partial charge in [0.15, 0.2) is 0 Å². The van der Waals surface area contributed by atoms with Crippen LogP contribution in [0.1, 0.15) is 24.2 Å². The van der Waals surface area contributed by atoms with Gasteiger partial charge in [-0.25, -0.2) is 14.6 Å². The van der Waals surface area contributed by atoms with E-state index in [0.29, 0.717) is 12.2 Å². The second-order valence-electron chi connectivity index (χ2n) is 7.11. The van der Waals surface area contributed by atoms with Crippen molar-refractivity contribution in [3.63, 3.8) is 0 Å². The van der Waals surface area contributed by atoms with Crippen molar-refractivity contribution < 1.29 is 14.6 Å². The number of ether oxygens (including phenoxy) is 1. The Balaban J connectivity index is 1.44. The molecular formula is C23H26N4O4. The van der Waals surface area contributed by atoms with Gasteiger partial charge in [0.25, 0.3) is 0 Å². The second kappa shape index (κ2) is 11.1. The number of urea groups is 1. The van der Waals surface area contributed by atoms with Crippen molar-refractivity contribution in [1.82, 2.24) is 14.9 Å². The lowest BCUT2D eigenvalue weighted by Gasteiger charge is -2.17. The average Bonchev–Trinajstić information content (AvgIpc) is 2.78. The molecule has 1 heterocycles. The summed E-state index contributed by atoms with van der Waals surface area (Å²) < 4.78 is 7.15. The minimum atomic E-state index is -0.833. The fourth-order valence-electron chi connectivity index (χ4n) is 2.97. The summed E-state index contributed by atoms with van der Waals surface area (Å²) in [7, 11) is 0. The zero-order valence-electron chi connectivity index (χ0n) is 17.3. The van der Waals surface area contributed by atoms with Crippen molar-refractivity contribution in [3.05, 3.63) is 94.7 Å². The van der Waals surface area contributed by atoms with Gasteiger partial charge in [-0.15, -0.1) is 0 Å². The highest BCUT2D eigenvalue weighted by molar-refractivity contribution is 5.89. The third-order valence-corrected chi connectivity index (χ3v) is 4.63. The van der Waals surface area contributed by atoms with Crippen LogP contribution in [0.4, 0.5) is 10.5 Å². The van der Waals surface area contributed by atoms with Crippen LogP contribution in [0.15, 0.2) is 77.9 Å². The van der Waals surface area contributed by atoms with E-state index in [1.807, 2.05) is 43.3 Å². The Hall–Kier alpha value is -3.49. The Morgan fingerprint density at radius 1 is 1.16 bits per heavy atom. The summed E-state index contributed by atoms with van der Waals surface area (Å²) in [6.45, 7) is 2.41. The first kappa shape index (κ1) is 22.2. The molecule has 3 aromatic rings. The summed E-state index contributed by atoms with van der Waals surface area (Å²) >= 11 is 0. The largest absolute Gasteiger partial charge is 0.389 e. The first-order chi connectivity index (χ1) is 15.0. The number of rotatable bonds is 9. The SMILES string of the molecule is C[C@H](OC[C@H](O)CNC(=O)Nc1cccc(Cn2cccnc2=O)c1)c1ccccc1. The molecule has 8 heteroatoms. The predicted molar refractivity (Wildman–Crippen MR) is 118 cm³/mol. The summed E-state index contributed by atoms with van der Waals surface area (Å²) in [5.74, 6) is 0. The van der Waals surface area contributed by atoms with Crippen molar-refractivity contribution in [2.24, 2.45) is 0 Å². The summed E-state index contributed by atoms with van der Waals surface area (Å²) in [6.07, 6.45) is 2.12. The number of aromatic nitrogens is 2. The molecule has 3 rings (SSSR count). The van der Waals surface area contributed by atoms with E-state index in [9.17, 15) is 14.7 Å². The number of amides is 2. The van der Waals surface area contributed by atoms with Crippen molar-refractivity contribution in [1.29, 1.82) is 0 Å². The number of nitrogens with one attached hydrogen (secondary N) is 2. The Labute approximate surface area is 180 Å². The van der Waals surface area contributed by atoms with Crippen LogP contribution in [0.25, 0.3) is 0 Å². The molecule has 0 aliphatic carbocycles. The van der Waals surface area contributed by atoms with Crippen molar-refractivity contribution in [2.75, 3.05) is 18.5 Å². The van der Waals surface area contributed by atoms with Crippen molar-refractivity contribution in [2.45, 2.75) is 25.7 Å². The molecule has 2 aromatic carbocycles. The van der Waals surface area contributed by atoms with E-state index in [4.69, 9.17) is 4.74 Å². The molecule has 0 spiro atoms. The van der Waals surface area contributed by atoms with E-state index in [0.717, 1.165) is 11.1 Å². The molecule has 0 unspecified atom stereocenters. The lowest BCUT2D eigenvalue weighted by Crippen LogP contribution is -2.37. The Kier molecular flexibility index (Phi) is 7.91. The topological polar surface area (TPSA) is 105 Å². The van der Waals surface area contributed by atoms with Gasteiger partial charge in [-0.1, -0.05) is 42.5 Å². The van der Waals surface area contributed by atoms with E-state index in [1.165, 1.54) is 10.8 Å². The molecule has 0 aliphatic heterocycles. The Morgan fingerprint density at radius 3 is 2.74 bits per heavy atom. The number of anilines is 1. The lowest BCUT2D eigenvalue weighted by molar-refractivity contribution is -0.000953. The third kappa shape index (κ3) is 7.06. The number of hydrogen-bond donors (Lipinski definition) is 3. The molecule has 0 radical (unpaired) electrons. The standard InChI is InChI=1S/C23H26N4O4/c1-17(19-8-3-2-4-9-19)31-16-21(28)14-25-22(29)26-20-10-5-7-18(13-20)15-27-12-6-11-24-23(27)30/h2-13,17,21,28H,14-16H2,1H3,(H2,25,26,29)/t17-,21+/m0/s1. The molecule has 0 saturated heterocycles. The molecule has 1 aromatic heterocycles. The van der Waals surface area contributed by atoms with Gasteiger partial charge < -0.3 is 20.5 Å². The molecule has 8 nitrogen and oxygen atoms in total. The lowest BCUT2D eigenvalue weighted by atomic mass is 10.1. The fraction of sp³-hybridized carbons (Fsp3) is 0.261. The van der Waals surface area contributed by atoms with E-state index in [1.54, 1.807) is 30.5 Å². The maximum absolute atomic E-state index is 12.2. The first-order valence-corrected chi connectivity index (χ1v) is 10.0. The summed E-state index contributed by atoms with van der Waals surface area (Å²) in [4.78, 5) is 27.6. The monoisotopic (exact) mass is 422 g/mol. The molecule has 2 amide bonds. The van der Waals surface area contributed by atoms with Crippen LogP contribution < -0.4 is 16.3 Å². The number of nitrogens with zero attached hydrogens (tertiary/aromatic N) is 2. The molecule has 0 saturated carbocycles. The number of aliphatic hydroxyl groups excluding tert-OH is 1. The highest BCUT2D eigenvalue weighted by Crippen LogP contribution is 2.16. The molecule has 31 heavy (non-hydrogen) atoms. The fourth-order valence-corrected chi connectivity index (χ4v) is 2.97. The van der Waals surface area contributed by atoms with Crippen LogP contribution in [0.5, 0.6) is 0 Å². The smallest absolute Gasteiger partial charge is 0.347 e. The quantitative estimate of drug-likeness (QED) is 0.492. The van der Waals surface area contributed by atoms with E-state index >= 15 is 0 Å². The highest BCUT2D eigenvalue weighted by atomic mass is 16.5. The van der Waals surface area contributed by atoms with Gasteiger partial charge in [0, 0.05) is 24.6 Å². The molecule has 162 valence electrons. The number of hydrogen-bond acceptors (Lipinski definition) is 5. The van der Waals surface area contributed by atoms with Crippen LogP contribution >= 0.6 is 0 Å². The van der Waals surface area contributed by atoms with Gasteiger partial charge in [0.1, 0.15) is 0 Å². The molecule has 0 bridgehead atoms. The van der Waals surface area contributed by atoms with Crippen molar-refractivity contribution in [3.8, 4) is 0 Å². The zero-order valence-corrected chi connectivity index (χ0v) is 17.3. The van der Waals surface area contributed by atoms with Crippen LogP contribution in [0, 0.1) is 0 Å². The van der Waals surface area contributed by atoms with E-state index in [2.05, 4.69) is 15.6 Å². The average molecular weight is 422 g/mol. The maximum Gasteiger partial charge on any atom is 0.347 e. The van der Waals surface area contributed by atoms with Gasteiger partial charge in [-0.3, -0.25) is 4.57 Å². The first-order valence-electron chi connectivity index (χ1n) is 10.0. The number of benzene rings is 2. The van der Waals surface area contributed by atoms with Crippen LogP contribution in [-0.2, 0) is 11.3 Å². The summed E-state index contributed by atoms with van der Waals surface area (Å²) in [6, 6.07) is 18.1. The Bertz CT molecular complexity index is 1040. The highest BCUT2D eigenvalue weighted by Gasteiger charge is 2.11. The number of carbonyl (C=O) groups is 1. The summed E-state index contributed by atoms with van der Waals surface area (Å²) in [5, 5.41) is 15.4. The third-order valence-electron chi connectivity index (χ3n) is 4.63. The minimum absolute atomic E-state index is 0.0537. The van der Waals surface area contributed by atoms with E-state index in [-0.39, 0.29) is 24.9 Å². The normalized spacial score (nSPS) is 12.7. The molecular weight excluding hydrogens is 396 g/mol. The van der Waals surface area contributed by atoms with Crippen molar-refractivity contribution >= 4 is 11.7 Å². The van der Waals surface area contributed by atoms with Gasteiger partial charge in [0.05, 0.1) is 25.4 Å². The molecule has 2 atom stereocenters. The van der Waals surface area contributed by atoms with Gasteiger partial charge in [0.2, 0.25) is 0 Å². The zero-order chi connectivity index (χ0) is 22.1. The van der Waals surface area contributed by atoms with Gasteiger partial charge >= 0.3 is 11.7 Å². The van der Waals surface area contributed by atoms with Crippen LogP contribution in [0.3, 0.4) is 0 Å². The molecule has 0 fully saturated rings. The molecule has 0 aliphatic rings. The predicted octanol–water partition coefficient (Wildman–Crippen LogP) is 2.55. The number of aliphatic hydroxyl groups is 1.